The second-order valence-electron chi connectivity index (χ2n) is 5.89. The molecule has 0 aromatic rings. The van der Waals surface area contributed by atoms with Crippen LogP contribution in [0.2, 0.25) is 0 Å². The lowest BCUT2D eigenvalue weighted by atomic mass is 9.90. The van der Waals surface area contributed by atoms with Crippen LogP contribution in [0.4, 0.5) is 0 Å². The molecule has 4 heteroatoms. The Bertz CT molecular complexity index is 262. The number of nitrogens with zero attached hydrogens (tertiary/aromatic N) is 1. The summed E-state index contributed by atoms with van der Waals surface area (Å²) in [7, 11) is 0. The molecule has 0 heterocycles. The number of likely N-dealkylation sites (N-methyl/N-ethyl adjacent to an activating group) is 1. The minimum absolute atomic E-state index is 0.165. The Morgan fingerprint density at radius 1 is 1.32 bits per heavy atom. The van der Waals surface area contributed by atoms with Gasteiger partial charge in [0.05, 0.1) is 6.54 Å². The molecule has 1 aliphatic carbocycles. The van der Waals surface area contributed by atoms with Crippen molar-refractivity contribution >= 4 is 5.91 Å². The summed E-state index contributed by atoms with van der Waals surface area (Å²) >= 11 is 0. The van der Waals surface area contributed by atoms with Gasteiger partial charge in [0.1, 0.15) is 0 Å². The lowest BCUT2D eigenvalue weighted by molar-refractivity contribution is -0.123. The number of hydrogen-bond donors (Lipinski definition) is 2. The average molecular weight is 269 g/mol. The van der Waals surface area contributed by atoms with Gasteiger partial charge in [-0.3, -0.25) is 9.69 Å². The van der Waals surface area contributed by atoms with Crippen LogP contribution in [0.25, 0.3) is 0 Å². The van der Waals surface area contributed by atoms with Crippen molar-refractivity contribution in [2.75, 3.05) is 13.1 Å². The molecule has 1 amide bonds. The van der Waals surface area contributed by atoms with Gasteiger partial charge in [0.2, 0.25) is 5.91 Å². The van der Waals surface area contributed by atoms with Gasteiger partial charge in [-0.25, -0.2) is 0 Å². The Morgan fingerprint density at radius 3 is 2.47 bits per heavy atom. The summed E-state index contributed by atoms with van der Waals surface area (Å²) in [6, 6.07) is 1.20. The first-order valence-corrected chi connectivity index (χ1v) is 7.85. The maximum absolute atomic E-state index is 12.0. The fourth-order valence-electron chi connectivity index (χ4n) is 2.98. The Balaban J connectivity index is 2.36. The third kappa shape index (κ3) is 5.91. The predicted octanol–water partition coefficient (Wildman–Crippen LogP) is 1.88. The molecular weight excluding hydrogens is 238 g/mol. The molecule has 19 heavy (non-hydrogen) atoms. The molecule has 0 bridgehead atoms. The van der Waals surface area contributed by atoms with Crippen molar-refractivity contribution in [2.45, 2.75) is 77.4 Å². The monoisotopic (exact) mass is 269 g/mol. The van der Waals surface area contributed by atoms with Crippen LogP contribution in [0.5, 0.6) is 0 Å². The smallest absolute Gasteiger partial charge is 0.234 e. The maximum atomic E-state index is 12.0. The summed E-state index contributed by atoms with van der Waals surface area (Å²) in [6.07, 6.45) is 6.61. The van der Waals surface area contributed by atoms with Crippen molar-refractivity contribution in [3.63, 3.8) is 0 Å². The van der Waals surface area contributed by atoms with Gasteiger partial charge in [-0.1, -0.05) is 20.3 Å². The van der Waals surface area contributed by atoms with E-state index in [1.54, 1.807) is 0 Å². The number of carbonyl (C=O) groups excluding carboxylic acids is 1. The highest BCUT2D eigenvalue weighted by Crippen LogP contribution is 2.21. The molecular formula is C15H31N3O. The summed E-state index contributed by atoms with van der Waals surface area (Å²) < 4.78 is 0. The molecule has 0 aromatic carbocycles. The molecule has 0 spiro atoms. The van der Waals surface area contributed by atoms with E-state index in [0.29, 0.717) is 18.6 Å². The largest absolute Gasteiger partial charge is 0.353 e. The first kappa shape index (κ1) is 16.4. The van der Waals surface area contributed by atoms with Gasteiger partial charge in [0.15, 0.2) is 0 Å². The first-order valence-electron chi connectivity index (χ1n) is 7.85. The quantitative estimate of drug-likeness (QED) is 0.742. The second-order valence-corrected chi connectivity index (χ2v) is 5.89. The molecule has 1 fully saturated rings. The number of amides is 1. The highest BCUT2D eigenvalue weighted by molar-refractivity contribution is 5.78. The SMILES string of the molecule is CCCC(C)NC(=O)CN(CC)C1CCC(N)CC1. The molecule has 112 valence electrons. The van der Waals surface area contributed by atoms with Crippen LogP contribution in [0, 0.1) is 0 Å². The molecule has 3 N–H and O–H groups in total. The van der Waals surface area contributed by atoms with Crippen molar-refractivity contribution < 1.29 is 4.79 Å². The lowest BCUT2D eigenvalue weighted by Gasteiger charge is -2.35. The zero-order valence-electron chi connectivity index (χ0n) is 12.8. The van der Waals surface area contributed by atoms with Crippen molar-refractivity contribution in [1.82, 2.24) is 10.2 Å². The average Bonchev–Trinajstić information content (AvgIpc) is 2.37. The Kier molecular flexibility index (Phi) is 7.39. The van der Waals surface area contributed by atoms with Gasteiger partial charge in [0, 0.05) is 18.1 Å². The van der Waals surface area contributed by atoms with E-state index in [0.717, 1.165) is 45.1 Å². The number of rotatable bonds is 7. The van der Waals surface area contributed by atoms with E-state index < -0.39 is 0 Å². The van der Waals surface area contributed by atoms with Gasteiger partial charge in [-0.15, -0.1) is 0 Å². The van der Waals surface area contributed by atoms with Crippen molar-refractivity contribution in [1.29, 1.82) is 0 Å². The highest BCUT2D eigenvalue weighted by atomic mass is 16.2. The Morgan fingerprint density at radius 2 is 1.95 bits per heavy atom. The molecule has 0 aliphatic heterocycles. The van der Waals surface area contributed by atoms with E-state index in [9.17, 15) is 4.79 Å². The fourth-order valence-corrected chi connectivity index (χ4v) is 2.98. The van der Waals surface area contributed by atoms with Crippen molar-refractivity contribution in [3.8, 4) is 0 Å². The summed E-state index contributed by atoms with van der Waals surface area (Å²) in [6.45, 7) is 7.83. The minimum Gasteiger partial charge on any atom is -0.353 e. The Hall–Kier alpha value is -0.610. The topological polar surface area (TPSA) is 58.4 Å². The fraction of sp³-hybridized carbons (Fsp3) is 0.933. The van der Waals surface area contributed by atoms with Gasteiger partial charge >= 0.3 is 0 Å². The van der Waals surface area contributed by atoms with Crippen molar-refractivity contribution in [3.05, 3.63) is 0 Å². The molecule has 1 saturated carbocycles. The van der Waals surface area contributed by atoms with Gasteiger partial charge in [-0.05, 0) is 45.6 Å². The van der Waals surface area contributed by atoms with Crippen LogP contribution in [0.3, 0.4) is 0 Å². The third-order valence-corrected chi connectivity index (χ3v) is 4.14. The summed E-state index contributed by atoms with van der Waals surface area (Å²) in [5.41, 5.74) is 5.94. The van der Waals surface area contributed by atoms with Gasteiger partial charge in [-0.2, -0.15) is 0 Å². The van der Waals surface area contributed by atoms with Crippen LogP contribution >= 0.6 is 0 Å². The van der Waals surface area contributed by atoms with Crippen LogP contribution in [0.15, 0.2) is 0 Å². The molecule has 0 aromatic heterocycles. The standard InChI is InChI=1S/C15H31N3O/c1-4-6-12(3)17-15(19)11-18(5-2)14-9-7-13(16)8-10-14/h12-14H,4-11,16H2,1-3H3,(H,17,19). The summed E-state index contributed by atoms with van der Waals surface area (Å²) in [5.74, 6) is 0.165. The van der Waals surface area contributed by atoms with Gasteiger partial charge < -0.3 is 11.1 Å². The Labute approximate surface area is 118 Å². The third-order valence-electron chi connectivity index (χ3n) is 4.14. The zero-order valence-corrected chi connectivity index (χ0v) is 12.8. The van der Waals surface area contributed by atoms with E-state index >= 15 is 0 Å². The molecule has 1 atom stereocenters. The van der Waals surface area contributed by atoms with E-state index in [1.807, 2.05) is 0 Å². The summed E-state index contributed by atoms with van der Waals surface area (Å²) in [5, 5.41) is 3.09. The van der Waals surface area contributed by atoms with E-state index in [4.69, 9.17) is 5.73 Å². The molecule has 1 rings (SSSR count). The van der Waals surface area contributed by atoms with Crippen LogP contribution in [-0.2, 0) is 4.79 Å². The van der Waals surface area contributed by atoms with Crippen LogP contribution < -0.4 is 11.1 Å². The number of nitrogens with two attached hydrogens (primary N) is 1. The molecule has 4 nitrogen and oxygen atoms in total. The first-order chi connectivity index (χ1) is 9.06. The van der Waals surface area contributed by atoms with Crippen molar-refractivity contribution in [2.24, 2.45) is 5.73 Å². The summed E-state index contributed by atoms with van der Waals surface area (Å²) in [4.78, 5) is 14.3. The lowest BCUT2D eigenvalue weighted by Crippen LogP contribution is -2.47. The number of nitrogens with one attached hydrogen (secondary N) is 1. The number of hydrogen-bond acceptors (Lipinski definition) is 3. The second kappa shape index (κ2) is 8.54. The molecule has 0 radical (unpaired) electrons. The minimum atomic E-state index is 0.165. The van der Waals surface area contributed by atoms with Crippen LogP contribution in [-0.4, -0.2) is 42.0 Å². The normalized spacial score (nSPS) is 25.3. The van der Waals surface area contributed by atoms with Gasteiger partial charge in [0.25, 0.3) is 0 Å². The predicted molar refractivity (Wildman–Crippen MR) is 80.0 cm³/mol. The zero-order chi connectivity index (χ0) is 14.3. The van der Waals surface area contributed by atoms with Crippen LogP contribution in [0.1, 0.15) is 59.3 Å². The number of carbonyl (C=O) groups is 1. The highest BCUT2D eigenvalue weighted by Gasteiger charge is 2.24. The molecule has 1 unspecified atom stereocenters. The van der Waals surface area contributed by atoms with E-state index in [-0.39, 0.29) is 11.9 Å². The maximum Gasteiger partial charge on any atom is 0.234 e. The molecule has 0 saturated heterocycles. The molecule has 1 aliphatic rings. The van der Waals surface area contributed by atoms with E-state index in [2.05, 4.69) is 31.0 Å². The van der Waals surface area contributed by atoms with E-state index in [1.165, 1.54) is 0 Å².